The zero-order valence-corrected chi connectivity index (χ0v) is 17.7. The zero-order valence-electron chi connectivity index (χ0n) is 17.7. The first-order valence-electron chi connectivity index (χ1n) is 10.9. The first-order chi connectivity index (χ1) is 13.5. The molecule has 2 bridgehead atoms. The van der Waals surface area contributed by atoms with E-state index in [2.05, 4.69) is 67.8 Å². The standard InChI is InChI=1S/C24H32N4/c1-5-27-13-15-28(16-14-27)22-25-20(17-9-7-6-8-10-17)19-18-11-12-24(4,21(19)26-22)23(18,2)3/h6-10,18H,5,11-16H2,1-4H3. The first kappa shape index (κ1) is 18.1. The molecule has 2 atom stereocenters. The van der Waals surface area contributed by atoms with Gasteiger partial charge in [0.2, 0.25) is 5.95 Å². The number of fused-ring (bicyclic) bond motifs is 5. The number of likely N-dealkylation sites (N-methyl/N-ethyl adjacent to an activating group) is 1. The van der Waals surface area contributed by atoms with Crippen LogP contribution in [-0.2, 0) is 5.41 Å². The van der Waals surface area contributed by atoms with Crippen molar-refractivity contribution in [3.63, 3.8) is 0 Å². The van der Waals surface area contributed by atoms with Gasteiger partial charge in [-0.15, -0.1) is 0 Å². The van der Waals surface area contributed by atoms with Crippen molar-refractivity contribution in [1.29, 1.82) is 0 Å². The van der Waals surface area contributed by atoms with Crippen LogP contribution in [0.15, 0.2) is 30.3 Å². The minimum Gasteiger partial charge on any atom is -0.338 e. The summed E-state index contributed by atoms with van der Waals surface area (Å²) in [6.07, 6.45) is 2.50. The molecule has 0 N–H and O–H groups in total. The van der Waals surface area contributed by atoms with Gasteiger partial charge >= 0.3 is 0 Å². The molecule has 0 amide bonds. The molecular formula is C24H32N4. The fourth-order valence-corrected chi connectivity index (χ4v) is 5.86. The molecule has 148 valence electrons. The normalized spacial score (nSPS) is 28.6. The summed E-state index contributed by atoms with van der Waals surface area (Å²) in [5.74, 6) is 1.51. The summed E-state index contributed by atoms with van der Waals surface area (Å²) in [5.41, 5.74) is 5.57. The lowest BCUT2D eigenvalue weighted by Crippen LogP contribution is -2.47. The van der Waals surface area contributed by atoms with E-state index in [4.69, 9.17) is 9.97 Å². The fraction of sp³-hybridized carbons (Fsp3) is 0.583. The van der Waals surface area contributed by atoms with Crippen LogP contribution in [0.3, 0.4) is 0 Å². The Kier molecular flexibility index (Phi) is 4.06. The van der Waals surface area contributed by atoms with Crippen molar-refractivity contribution in [3.8, 4) is 11.3 Å². The highest BCUT2D eigenvalue weighted by molar-refractivity contribution is 5.70. The SMILES string of the molecule is CCN1CCN(c2nc(-c3ccccc3)c3c(n2)C2(C)CCC3C2(C)C)CC1. The van der Waals surface area contributed by atoms with Gasteiger partial charge in [-0.25, -0.2) is 9.97 Å². The number of hydrogen-bond acceptors (Lipinski definition) is 4. The summed E-state index contributed by atoms with van der Waals surface area (Å²) in [6, 6.07) is 10.8. The van der Waals surface area contributed by atoms with E-state index in [9.17, 15) is 0 Å². The largest absolute Gasteiger partial charge is 0.338 e. The van der Waals surface area contributed by atoms with Gasteiger partial charge in [0.15, 0.2) is 0 Å². The average molecular weight is 377 g/mol. The van der Waals surface area contributed by atoms with Crippen molar-refractivity contribution in [2.24, 2.45) is 5.41 Å². The molecule has 4 nitrogen and oxygen atoms in total. The van der Waals surface area contributed by atoms with Gasteiger partial charge in [-0.05, 0) is 30.7 Å². The van der Waals surface area contributed by atoms with Crippen LogP contribution in [0.1, 0.15) is 57.7 Å². The van der Waals surface area contributed by atoms with Crippen LogP contribution in [0.5, 0.6) is 0 Å². The van der Waals surface area contributed by atoms with E-state index in [1.807, 2.05) is 0 Å². The number of piperazine rings is 1. The van der Waals surface area contributed by atoms with Gasteiger partial charge in [0.25, 0.3) is 0 Å². The van der Waals surface area contributed by atoms with E-state index in [1.165, 1.54) is 35.4 Å². The Morgan fingerprint density at radius 1 is 1.00 bits per heavy atom. The van der Waals surface area contributed by atoms with Gasteiger partial charge in [0, 0.05) is 42.7 Å². The lowest BCUT2D eigenvalue weighted by molar-refractivity contribution is 0.227. The van der Waals surface area contributed by atoms with E-state index in [-0.39, 0.29) is 10.8 Å². The minimum atomic E-state index is 0.152. The quantitative estimate of drug-likeness (QED) is 0.792. The van der Waals surface area contributed by atoms with Crippen molar-refractivity contribution < 1.29 is 0 Å². The van der Waals surface area contributed by atoms with Gasteiger partial charge < -0.3 is 9.80 Å². The van der Waals surface area contributed by atoms with Crippen molar-refractivity contribution in [2.45, 2.75) is 51.9 Å². The third-order valence-electron chi connectivity index (χ3n) is 8.18. The predicted octanol–water partition coefficient (Wildman–Crippen LogP) is 4.46. The molecule has 0 radical (unpaired) electrons. The van der Waals surface area contributed by atoms with Crippen LogP contribution in [-0.4, -0.2) is 47.6 Å². The molecular weight excluding hydrogens is 344 g/mol. The topological polar surface area (TPSA) is 32.3 Å². The molecule has 2 aliphatic carbocycles. The molecule has 3 aliphatic rings. The monoisotopic (exact) mass is 376 g/mol. The van der Waals surface area contributed by atoms with Crippen LogP contribution in [0.25, 0.3) is 11.3 Å². The smallest absolute Gasteiger partial charge is 0.226 e. The lowest BCUT2D eigenvalue weighted by atomic mass is 9.70. The minimum absolute atomic E-state index is 0.152. The summed E-state index contributed by atoms with van der Waals surface area (Å²) in [6.45, 7) is 14.9. The number of hydrogen-bond donors (Lipinski definition) is 0. The maximum atomic E-state index is 5.26. The highest BCUT2D eigenvalue weighted by Crippen LogP contribution is 2.68. The summed E-state index contributed by atoms with van der Waals surface area (Å²) in [5, 5.41) is 0. The van der Waals surface area contributed by atoms with Crippen LogP contribution in [0, 0.1) is 5.41 Å². The van der Waals surface area contributed by atoms with Gasteiger partial charge in [-0.3, -0.25) is 0 Å². The van der Waals surface area contributed by atoms with Gasteiger partial charge in [-0.2, -0.15) is 0 Å². The van der Waals surface area contributed by atoms with Crippen LogP contribution < -0.4 is 4.90 Å². The third-order valence-corrected chi connectivity index (χ3v) is 8.18. The highest BCUT2D eigenvalue weighted by atomic mass is 15.3. The molecule has 2 heterocycles. The van der Waals surface area contributed by atoms with E-state index < -0.39 is 0 Å². The zero-order chi connectivity index (χ0) is 19.5. The molecule has 2 unspecified atom stereocenters. The molecule has 1 aromatic heterocycles. The number of aromatic nitrogens is 2. The molecule has 1 aromatic carbocycles. The van der Waals surface area contributed by atoms with E-state index in [0.717, 1.165) is 38.7 Å². The van der Waals surface area contributed by atoms with Crippen LogP contribution in [0.4, 0.5) is 5.95 Å². The van der Waals surface area contributed by atoms with Gasteiger partial charge in [0.1, 0.15) is 0 Å². The maximum Gasteiger partial charge on any atom is 0.226 e. The molecule has 5 rings (SSSR count). The van der Waals surface area contributed by atoms with Crippen molar-refractivity contribution in [1.82, 2.24) is 14.9 Å². The second-order valence-corrected chi connectivity index (χ2v) is 9.57. The number of nitrogens with zero attached hydrogens (tertiary/aromatic N) is 4. The molecule has 0 spiro atoms. The second-order valence-electron chi connectivity index (χ2n) is 9.57. The van der Waals surface area contributed by atoms with Gasteiger partial charge in [-0.1, -0.05) is 58.0 Å². The highest BCUT2D eigenvalue weighted by Gasteiger charge is 2.61. The van der Waals surface area contributed by atoms with Crippen LogP contribution in [0.2, 0.25) is 0 Å². The lowest BCUT2D eigenvalue weighted by Gasteiger charge is -2.36. The predicted molar refractivity (Wildman–Crippen MR) is 115 cm³/mol. The Balaban J connectivity index is 1.65. The summed E-state index contributed by atoms with van der Waals surface area (Å²) >= 11 is 0. The number of anilines is 1. The molecule has 4 heteroatoms. The molecule has 2 aromatic rings. The number of benzene rings is 1. The van der Waals surface area contributed by atoms with Crippen LogP contribution >= 0.6 is 0 Å². The Morgan fingerprint density at radius 3 is 2.39 bits per heavy atom. The van der Waals surface area contributed by atoms with E-state index in [1.54, 1.807) is 0 Å². The first-order valence-corrected chi connectivity index (χ1v) is 10.9. The van der Waals surface area contributed by atoms with Gasteiger partial charge in [0.05, 0.1) is 11.4 Å². The van der Waals surface area contributed by atoms with Crippen molar-refractivity contribution in [3.05, 3.63) is 41.6 Å². The maximum absolute atomic E-state index is 5.26. The summed E-state index contributed by atoms with van der Waals surface area (Å²) in [7, 11) is 0. The molecule has 1 saturated heterocycles. The molecule has 28 heavy (non-hydrogen) atoms. The Hall–Kier alpha value is -1.94. The fourth-order valence-electron chi connectivity index (χ4n) is 5.86. The summed E-state index contributed by atoms with van der Waals surface area (Å²) < 4.78 is 0. The Labute approximate surface area is 169 Å². The molecule has 1 saturated carbocycles. The number of rotatable bonds is 3. The third kappa shape index (κ3) is 2.40. The molecule has 2 fully saturated rings. The molecule has 1 aliphatic heterocycles. The Bertz CT molecular complexity index is 883. The van der Waals surface area contributed by atoms with Crippen molar-refractivity contribution >= 4 is 5.95 Å². The van der Waals surface area contributed by atoms with E-state index >= 15 is 0 Å². The Morgan fingerprint density at radius 2 is 1.71 bits per heavy atom. The average Bonchev–Trinajstić information content (AvgIpc) is 3.06. The second kappa shape index (κ2) is 6.28. The van der Waals surface area contributed by atoms with Crippen molar-refractivity contribution in [2.75, 3.05) is 37.6 Å². The van der Waals surface area contributed by atoms with E-state index in [0.29, 0.717) is 5.92 Å². The summed E-state index contributed by atoms with van der Waals surface area (Å²) in [4.78, 5) is 15.4.